The molecule has 1 aromatic carbocycles. The highest BCUT2D eigenvalue weighted by molar-refractivity contribution is 8.01. The summed E-state index contributed by atoms with van der Waals surface area (Å²) in [7, 11) is 0. The van der Waals surface area contributed by atoms with E-state index < -0.39 is 0 Å². The Morgan fingerprint density at radius 1 is 1.40 bits per heavy atom. The zero-order valence-corrected chi connectivity index (χ0v) is 13.2. The molecular weight excluding hydrogens is 312 g/mol. The number of benzene rings is 1. The van der Waals surface area contributed by atoms with E-state index >= 15 is 0 Å². The van der Waals surface area contributed by atoms with Gasteiger partial charge in [-0.1, -0.05) is 41.3 Å². The van der Waals surface area contributed by atoms with E-state index in [0.717, 1.165) is 32.8 Å². The van der Waals surface area contributed by atoms with Gasteiger partial charge < -0.3 is 9.47 Å². The summed E-state index contributed by atoms with van der Waals surface area (Å²) in [6, 6.07) is 9.97. The van der Waals surface area contributed by atoms with Crippen LogP contribution in [0.1, 0.15) is 6.42 Å². The molecule has 0 saturated carbocycles. The Morgan fingerprint density at radius 2 is 2.25 bits per heavy atom. The molecule has 1 saturated heterocycles. The third-order valence-electron chi connectivity index (χ3n) is 2.89. The summed E-state index contributed by atoms with van der Waals surface area (Å²) in [5.41, 5.74) is 1.00. The van der Waals surface area contributed by atoms with E-state index in [4.69, 9.17) is 21.7 Å². The van der Waals surface area contributed by atoms with Gasteiger partial charge in [0, 0.05) is 5.75 Å². The van der Waals surface area contributed by atoms with Crippen molar-refractivity contribution in [1.82, 2.24) is 9.78 Å². The summed E-state index contributed by atoms with van der Waals surface area (Å²) in [4.78, 5) is 0. The normalized spacial score (nSPS) is 19.1. The molecule has 2 heterocycles. The van der Waals surface area contributed by atoms with Gasteiger partial charge >= 0.3 is 0 Å². The molecule has 20 heavy (non-hydrogen) atoms. The predicted molar refractivity (Wildman–Crippen MR) is 83.3 cm³/mol. The van der Waals surface area contributed by atoms with Gasteiger partial charge in [0.15, 0.2) is 8.29 Å². The molecule has 0 N–H and O–H groups in total. The Kier molecular flexibility index (Phi) is 4.85. The van der Waals surface area contributed by atoms with Crippen LogP contribution in [0.3, 0.4) is 0 Å². The summed E-state index contributed by atoms with van der Waals surface area (Å²) >= 11 is 8.62. The smallest absolute Gasteiger partial charge is 0.184 e. The lowest BCUT2D eigenvalue weighted by atomic mass is 10.3. The van der Waals surface area contributed by atoms with E-state index in [1.165, 1.54) is 0 Å². The second-order valence-electron chi connectivity index (χ2n) is 4.30. The van der Waals surface area contributed by atoms with Crippen molar-refractivity contribution in [2.24, 2.45) is 0 Å². The van der Waals surface area contributed by atoms with Crippen LogP contribution < -0.4 is 0 Å². The molecule has 0 amide bonds. The highest BCUT2D eigenvalue weighted by Gasteiger charge is 2.15. The second-order valence-corrected chi connectivity index (χ2v) is 7.19. The minimum absolute atomic E-state index is 0.247. The fourth-order valence-electron chi connectivity index (χ4n) is 1.85. The van der Waals surface area contributed by atoms with Gasteiger partial charge in [0.05, 0.1) is 18.4 Å². The molecule has 4 nitrogen and oxygen atoms in total. The zero-order valence-electron chi connectivity index (χ0n) is 10.7. The molecule has 0 unspecified atom stereocenters. The van der Waals surface area contributed by atoms with Gasteiger partial charge in [-0.2, -0.15) is 0 Å². The summed E-state index contributed by atoms with van der Waals surface area (Å²) < 4.78 is 14.3. The highest BCUT2D eigenvalue weighted by Crippen LogP contribution is 2.26. The lowest BCUT2D eigenvalue weighted by Crippen LogP contribution is -2.25. The molecule has 1 aliphatic rings. The van der Waals surface area contributed by atoms with Crippen LogP contribution in [0.25, 0.3) is 5.69 Å². The molecule has 7 heteroatoms. The van der Waals surface area contributed by atoms with E-state index in [1.54, 1.807) is 23.1 Å². The number of nitrogens with zero attached hydrogens (tertiary/aromatic N) is 2. The van der Waals surface area contributed by atoms with Gasteiger partial charge in [-0.3, -0.25) is 0 Å². The van der Waals surface area contributed by atoms with Crippen molar-refractivity contribution in [1.29, 1.82) is 0 Å². The topological polar surface area (TPSA) is 36.3 Å². The third kappa shape index (κ3) is 3.48. The number of aromatic nitrogens is 2. The SMILES string of the molecule is S=c1sc(SC[C@@H]2CCOCO2)nn1-c1ccccc1. The maximum atomic E-state index is 5.52. The standard InChI is InChI=1S/C13H14N2O2S3/c18-13-15(10-4-2-1-3-5-10)14-12(20-13)19-8-11-6-7-16-9-17-11/h1-5,11H,6-9H2/t11-/m0/s1. The number of thioether (sulfide) groups is 1. The zero-order chi connectivity index (χ0) is 13.8. The van der Waals surface area contributed by atoms with Gasteiger partial charge in [0.2, 0.25) is 0 Å². The van der Waals surface area contributed by atoms with Gasteiger partial charge in [-0.25, -0.2) is 4.68 Å². The van der Waals surface area contributed by atoms with Crippen LogP contribution in [0.4, 0.5) is 0 Å². The molecule has 0 bridgehead atoms. The van der Waals surface area contributed by atoms with Crippen molar-refractivity contribution < 1.29 is 9.47 Å². The molecule has 2 aromatic rings. The van der Waals surface area contributed by atoms with Gasteiger partial charge in [0.25, 0.3) is 0 Å². The first kappa shape index (κ1) is 14.2. The van der Waals surface area contributed by atoms with E-state index in [1.807, 2.05) is 35.0 Å². The predicted octanol–water partition coefficient (Wildman–Crippen LogP) is 3.52. The van der Waals surface area contributed by atoms with Crippen molar-refractivity contribution in [2.75, 3.05) is 19.2 Å². The number of hydrogen-bond acceptors (Lipinski definition) is 6. The average molecular weight is 326 g/mol. The van der Waals surface area contributed by atoms with E-state index in [0.29, 0.717) is 6.79 Å². The third-order valence-corrected chi connectivity index (χ3v) is 5.39. The van der Waals surface area contributed by atoms with Gasteiger partial charge in [-0.15, -0.1) is 5.10 Å². The van der Waals surface area contributed by atoms with Crippen molar-refractivity contribution in [2.45, 2.75) is 16.9 Å². The van der Waals surface area contributed by atoms with E-state index in [9.17, 15) is 0 Å². The number of hydrogen-bond donors (Lipinski definition) is 0. The Bertz CT molecular complexity index is 606. The number of para-hydroxylation sites is 1. The molecule has 106 valence electrons. The molecule has 0 spiro atoms. The molecule has 0 aliphatic carbocycles. The second kappa shape index (κ2) is 6.82. The first-order valence-corrected chi connectivity index (χ1v) is 8.52. The summed E-state index contributed by atoms with van der Waals surface area (Å²) in [6.45, 7) is 1.18. The molecule has 1 fully saturated rings. The fraction of sp³-hybridized carbons (Fsp3) is 0.385. The van der Waals surface area contributed by atoms with Crippen LogP contribution in [0, 0.1) is 3.95 Å². The van der Waals surface area contributed by atoms with Crippen molar-refractivity contribution >= 4 is 35.3 Å². The summed E-state index contributed by atoms with van der Waals surface area (Å²) in [5, 5.41) is 4.57. The van der Waals surface area contributed by atoms with Crippen LogP contribution >= 0.6 is 35.3 Å². The first-order valence-electron chi connectivity index (χ1n) is 6.30. The number of ether oxygens (including phenoxy) is 2. The molecule has 1 aliphatic heterocycles. The van der Waals surface area contributed by atoms with Crippen molar-refractivity contribution in [3.05, 3.63) is 34.3 Å². The van der Waals surface area contributed by atoms with Crippen LogP contribution in [0.2, 0.25) is 0 Å². The van der Waals surface area contributed by atoms with E-state index in [2.05, 4.69) is 5.10 Å². The molecule has 0 radical (unpaired) electrons. The highest BCUT2D eigenvalue weighted by atomic mass is 32.2. The maximum Gasteiger partial charge on any atom is 0.184 e. The largest absolute Gasteiger partial charge is 0.355 e. The first-order chi connectivity index (χ1) is 9.83. The monoisotopic (exact) mass is 326 g/mol. The minimum Gasteiger partial charge on any atom is -0.355 e. The van der Waals surface area contributed by atoms with Crippen molar-refractivity contribution in [3.8, 4) is 5.69 Å². The molecule has 1 atom stereocenters. The summed E-state index contributed by atoms with van der Waals surface area (Å²) in [6.07, 6.45) is 1.19. The lowest BCUT2D eigenvalue weighted by Gasteiger charge is -2.21. The van der Waals surface area contributed by atoms with Gasteiger partial charge in [-0.05, 0) is 30.8 Å². The Balaban J connectivity index is 1.68. The fourth-order valence-corrected chi connectivity index (χ4v) is 4.30. The maximum absolute atomic E-state index is 5.52. The summed E-state index contributed by atoms with van der Waals surface area (Å²) in [5.74, 6) is 0.889. The molecular formula is C13H14N2O2S3. The van der Waals surface area contributed by atoms with Crippen molar-refractivity contribution in [3.63, 3.8) is 0 Å². The Labute approximate surface area is 130 Å². The average Bonchev–Trinajstić information content (AvgIpc) is 2.88. The lowest BCUT2D eigenvalue weighted by molar-refractivity contribution is -0.130. The quantitative estimate of drug-likeness (QED) is 0.635. The minimum atomic E-state index is 0.247. The van der Waals surface area contributed by atoms with Gasteiger partial charge in [0.1, 0.15) is 6.79 Å². The van der Waals surface area contributed by atoms with E-state index in [-0.39, 0.29) is 6.10 Å². The molecule has 1 aromatic heterocycles. The van der Waals surface area contributed by atoms with Crippen LogP contribution in [0.15, 0.2) is 34.7 Å². The van der Waals surface area contributed by atoms with Crippen LogP contribution in [0.5, 0.6) is 0 Å². The Hall–Kier alpha value is -0.730. The molecule has 3 rings (SSSR count). The van der Waals surface area contributed by atoms with Crippen LogP contribution in [-0.2, 0) is 9.47 Å². The Morgan fingerprint density at radius 3 is 3.00 bits per heavy atom. The van der Waals surface area contributed by atoms with Crippen LogP contribution in [-0.4, -0.2) is 35.0 Å². The number of rotatable bonds is 4.